The van der Waals surface area contributed by atoms with Crippen LogP contribution in [0, 0.1) is 0 Å². The van der Waals surface area contributed by atoms with Gasteiger partial charge in [0.2, 0.25) is 0 Å². The predicted octanol–water partition coefficient (Wildman–Crippen LogP) is 1.92. The Morgan fingerprint density at radius 3 is 2.94 bits per heavy atom. The molecule has 1 amide bonds. The monoisotopic (exact) mass is 299 g/mol. The van der Waals surface area contributed by atoms with Crippen LogP contribution in [0.2, 0.25) is 0 Å². The summed E-state index contributed by atoms with van der Waals surface area (Å²) < 4.78 is 3.06. The molecule has 0 atom stereocenters. The molecular formula is C12H18BrN3O. The minimum atomic E-state index is 0.0266. The van der Waals surface area contributed by atoms with E-state index in [1.807, 2.05) is 19.3 Å². The Morgan fingerprint density at radius 2 is 2.29 bits per heavy atom. The fourth-order valence-corrected chi connectivity index (χ4v) is 2.28. The lowest BCUT2D eigenvalue weighted by molar-refractivity contribution is 0.0944. The summed E-state index contributed by atoms with van der Waals surface area (Å²) in [6, 6.07) is 2.42. The van der Waals surface area contributed by atoms with Gasteiger partial charge in [-0.3, -0.25) is 4.79 Å². The van der Waals surface area contributed by atoms with Crippen LogP contribution >= 0.6 is 15.9 Å². The van der Waals surface area contributed by atoms with E-state index < -0.39 is 0 Å². The molecule has 4 nitrogen and oxygen atoms in total. The maximum Gasteiger partial charge on any atom is 0.267 e. The Bertz CT molecular complexity index is 398. The highest BCUT2D eigenvalue weighted by Crippen LogP contribution is 2.37. The zero-order chi connectivity index (χ0) is 12.3. The molecule has 1 saturated carbocycles. The maximum absolute atomic E-state index is 12.0. The quantitative estimate of drug-likeness (QED) is 0.789. The molecule has 1 heterocycles. The van der Waals surface area contributed by atoms with Crippen molar-refractivity contribution < 1.29 is 4.79 Å². The van der Waals surface area contributed by atoms with E-state index in [4.69, 9.17) is 0 Å². The van der Waals surface area contributed by atoms with Crippen LogP contribution in [-0.2, 0) is 0 Å². The Morgan fingerprint density at radius 1 is 1.53 bits per heavy atom. The summed E-state index contributed by atoms with van der Waals surface area (Å²) in [4.78, 5) is 12.0. The molecule has 5 heteroatoms. The molecule has 0 radical (unpaired) electrons. The van der Waals surface area contributed by atoms with E-state index in [2.05, 4.69) is 31.1 Å². The normalized spacial score (nSPS) is 14.9. The highest BCUT2D eigenvalue weighted by Gasteiger charge is 2.27. The number of nitrogens with one attached hydrogen (secondary N) is 2. The molecule has 0 spiro atoms. The first-order valence-electron chi connectivity index (χ1n) is 6.02. The van der Waals surface area contributed by atoms with Crippen molar-refractivity contribution in [1.82, 2.24) is 15.2 Å². The third-order valence-electron chi connectivity index (χ3n) is 2.88. The van der Waals surface area contributed by atoms with Crippen LogP contribution in [0.1, 0.15) is 35.8 Å². The van der Waals surface area contributed by atoms with Gasteiger partial charge in [0.25, 0.3) is 5.91 Å². The summed E-state index contributed by atoms with van der Waals surface area (Å²) >= 11 is 3.43. The molecule has 1 aliphatic rings. The van der Waals surface area contributed by atoms with Crippen molar-refractivity contribution in [2.75, 3.05) is 20.1 Å². The summed E-state index contributed by atoms with van der Waals surface area (Å²) in [5, 5.41) is 6.01. The lowest BCUT2D eigenvalue weighted by Gasteiger charge is -2.08. The minimum absolute atomic E-state index is 0.0266. The molecule has 17 heavy (non-hydrogen) atoms. The standard InChI is InChI=1S/C12H18BrN3O/c1-14-5-2-6-15-12(17)11-7-9(13)8-16(11)10-3-4-10/h7-8,10,14H,2-6H2,1H3,(H,15,17). The van der Waals surface area contributed by atoms with Gasteiger partial charge < -0.3 is 15.2 Å². The average molecular weight is 300 g/mol. The maximum atomic E-state index is 12.0. The van der Waals surface area contributed by atoms with Crippen molar-refractivity contribution in [3.8, 4) is 0 Å². The number of carbonyl (C=O) groups is 1. The van der Waals surface area contributed by atoms with Crippen molar-refractivity contribution >= 4 is 21.8 Å². The van der Waals surface area contributed by atoms with Crippen LogP contribution in [-0.4, -0.2) is 30.6 Å². The zero-order valence-electron chi connectivity index (χ0n) is 10.0. The van der Waals surface area contributed by atoms with E-state index in [0.717, 1.165) is 23.1 Å². The number of nitrogens with zero attached hydrogens (tertiary/aromatic N) is 1. The largest absolute Gasteiger partial charge is 0.351 e. The summed E-state index contributed by atoms with van der Waals surface area (Å²) in [5.74, 6) is 0.0266. The molecule has 1 fully saturated rings. The lowest BCUT2D eigenvalue weighted by atomic mass is 10.3. The molecule has 2 rings (SSSR count). The number of rotatable bonds is 6. The molecule has 94 valence electrons. The molecule has 0 aromatic carbocycles. The lowest BCUT2D eigenvalue weighted by Crippen LogP contribution is -2.28. The van der Waals surface area contributed by atoms with Gasteiger partial charge in [0.1, 0.15) is 5.69 Å². The molecule has 0 unspecified atom stereocenters. The van der Waals surface area contributed by atoms with Crippen LogP contribution in [0.5, 0.6) is 0 Å². The predicted molar refractivity (Wildman–Crippen MR) is 71.3 cm³/mol. The minimum Gasteiger partial charge on any atom is -0.351 e. The highest BCUT2D eigenvalue weighted by molar-refractivity contribution is 9.10. The second kappa shape index (κ2) is 5.69. The number of amides is 1. The molecule has 1 aromatic rings. The Kier molecular flexibility index (Phi) is 4.23. The van der Waals surface area contributed by atoms with E-state index >= 15 is 0 Å². The van der Waals surface area contributed by atoms with Crippen molar-refractivity contribution in [2.24, 2.45) is 0 Å². The number of hydrogen-bond acceptors (Lipinski definition) is 2. The number of aromatic nitrogens is 1. The van der Waals surface area contributed by atoms with E-state index in [1.165, 1.54) is 12.8 Å². The first-order chi connectivity index (χ1) is 8.22. The first-order valence-corrected chi connectivity index (χ1v) is 6.82. The summed E-state index contributed by atoms with van der Waals surface area (Å²) in [7, 11) is 1.91. The van der Waals surface area contributed by atoms with Gasteiger partial charge in [-0.1, -0.05) is 0 Å². The molecule has 1 aliphatic carbocycles. The van der Waals surface area contributed by atoms with Gasteiger partial charge in [-0.05, 0) is 54.9 Å². The first kappa shape index (κ1) is 12.6. The SMILES string of the molecule is CNCCCNC(=O)c1cc(Br)cn1C1CC1. The van der Waals surface area contributed by atoms with Gasteiger partial charge in [-0.15, -0.1) is 0 Å². The average Bonchev–Trinajstić information content (AvgIpc) is 3.08. The molecule has 2 N–H and O–H groups in total. The van der Waals surface area contributed by atoms with Crippen molar-refractivity contribution in [2.45, 2.75) is 25.3 Å². The number of halogens is 1. The number of hydrogen-bond donors (Lipinski definition) is 2. The summed E-state index contributed by atoms with van der Waals surface area (Å²) in [5.41, 5.74) is 0.767. The zero-order valence-corrected chi connectivity index (χ0v) is 11.6. The van der Waals surface area contributed by atoms with Gasteiger partial charge in [0, 0.05) is 23.3 Å². The van der Waals surface area contributed by atoms with Gasteiger partial charge >= 0.3 is 0 Å². The summed E-state index contributed by atoms with van der Waals surface area (Å²) in [6.45, 7) is 1.64. The van der Waals surface area contributed by atoms with E-state index in [0.29, 0.717) is 12.6 Å². The summed E-state index contributed by atoms with van der Waals surface area (Å²) in [6.07, 6.45) is 5.32. The second-order valence-corrected chi connectivity index (χ2v) is 5.31. The molecule has 1 aromatic heterocycles. The van der Waals surface area contributed by atoms with Crippen LogP contribution in [0.15, 0.2) is 16.7 Å². The number of carbonyl (C=O) groups excluding carboxylic acids is 1. The highest BCUT2D eigenvalue weighted by atomic mass is 79.9. The van der Waals surface area contributed by atoms with E-state index in [1.54, 1.807) is 0 Å². The van der Waals surface area contributed by atoms with Gasteiger partial charge in [-0.25, -0.2) is 0 Å². The Hall–Kier alpha value is -0.810. The van der Waals surface area contributed by atoms with Crippen LogP contribution in [0.25, 0.3) is 0 Å². The Labute approximate surface area is 110 Å². The fourth-order valence-electron chi connectivity index (χ4n) is 1.84. The van der Waals surface area contributed by atoms with Gasteiger partial charge in [0.15, 0.2) is 0 Å². The van der Waals surface area contributed by atoms with Crippen LogP contribution < -0.4 is 10.6 Å². The fraction of sp³-hybridized carbons (Fsp3) is 0.583. The van der Waals surface area contributed by atoms with Crippen molar-refractivity contribution in [1.29, 1.82) is 0 Å². The molecular weight excluding hydrogens is 282 g/mol. The van der Waals surface area contributed by atoms with Crippen LogP contribution in [0.4, 0.5) is 0 Å². The molecule has 0 bridgehead atoms. The molecule has 0 saturated heterocycles. The second-order valence-electron chi connectivity index (χ2n) is 4.40. The van der Waals surface area contributed by atoms with Crippen molar-refractivity contribution in [3.05, 3.63) is 22.4 Å². The van der Waals surface area contributed by atoms with Crippen LogP contribution in [0.3, 0.4) is 0 Å². The third-order valence-corrected chi connectivity index (χ3v) is 3.31. The Balaban J connectivity index is 1.93. The van der Waals surface area contributed by atoms with Crippen molar-refractivity contribution in [3.63, 3.8) is 0 Å². The third kappa shape index (κ3) is 3.33. The smallest absolute Gasteiger partial charge is 0.267 e. The van der Waals surface area contributed by atoms with Gasteiger partial charge in [-0.2, -0.15) is 0 Å². The molecule has 0 aliphatic heterocycles. The topological polar surface area (TPSA) is 46.1 Å². The van der Waals surface area contributed by atoms with E-state index in [-0.39, 0.29) is 5.91 Å². The van der Waals surface area contributed by atoms with Gasteiger partial charge in [0.05, 0.1) is 0 Å². The van der Waals surface area contributed by atoms with E-state index in [9.17, 15) is 4.79 Å².